The summed E-state index contributed by atoms with van der Waals surface area (Å²) in [5, 5.41) is 2.88. The number of benzene rings is 2. The third kappa shape index (κ3) is 3.47. The fourth-order valence-electron chi connectivity index (χ4n) is 3.21. The minimum atomic E-state index is -3.71. The van der Waals surface area contributed by atoms with Crippen molar-refractivity contribution < 1.29 is 18.0 Å². The van der Waals surface area contributed by atoms with E-state index in [0.717, 1.165) is 21.1 Å². The van der Waals surface area contributed by atoms with Crippen LogP contribution in [0.3, 0.4) is 0 Å². The zero-order chi connectivity index (χ0) is 20.0. The van der Waals surface area contributed by atoms with Crippen LogP contribution < -0.4 is 9.62 Å². The maximum absolute atomic E-state index is 12.5. The third-order valence-electron chi connectivity index (χ3n) is 4.67. The van der Waals surface area contributed by atoms with E-state index in [-0.39, 0.29) is 17.3 Å². The molecule has 3 rings (SSSR count). The smallest absolute Gasteiger partial charge is 0.255 e. The Kier molecular flexibility index (Phi) is 4.59. The molecule has 2 aromatic carbocycles. The first-order valence-corrected chi connectivity index (χ1v) is 10.2. The van der Waals surface area contributed by atoms with Gasteiger partial charge in [0.05, 0.1) is 16.9 Å². The Balaban J connectivity index is 1.86. The van der Waals surface area contributed by atoms with Crippen molar-refractivity contribution in [3.63, 3.8) is 0 Å². The molecule has 0 atom stereocenters. The maximum atomic E-state index is 12.5. The number of nitrogens with zero attached hydrogens (tertiary/aromatic N) is 1. The van der Waals surface area contributed by atoms with Crippen LogP contribution in [0.15, 0.2) is 42.5 Å². The quantitative estimate of drug-likeness (QED) is 0.878. The zero-order valence-corrected chi connectivity index (χ0v) is 16.6. The molecule has 2 amide bonds. The van der Waals surface area contributed by atoms with E-state index < -0.39 is 21.3 Å². The normalized spacial score (nSPS) is 17.8. The molecule has 0 aromatic heterocycles. The molecule has 0 aliphatic carbocycles. The van der Waals surface area contributed by atoms with Crippen LogP contribution in [0.25, 0.3) is 0 Å². The molecule has 7 heteroatoms. The number of sulfonamides is 1. The van der Waals surface area contributed by atoms with Gasteiger partial charge in [0.2, 0.25) is 15.9 Å². The monoisotopic (exact) mass is 386 g/mol. The minimum absolute atomic E-state index is 0.229. The van der Waals surface area contributed by atoms with E-state index in [1.165, 1.54) is 24.3 Å². The number of nitrogens with one attached hydrogen (secondary N) is 1. The van der Waals surface area contributed by atoms with Crippen molar-refractivity contribution in [3.05, 3.63) is 59.2 Å². The number of amides is 2. The van der Waals surface area contributed by atoms with Gasteiger partial charge in [0.15, 0.2) is 0 Å². The van der Waals surface area contributed by atoms with Crippen LogP contribution >= 0.6 is 0 Å². The molecule has 0 bridgehead atoms. The molecule has 1 aliphatic heterocycles. The first kappa shape index (κ1) is 19.1. The lowest BCUT2D eigenvalue weighted by Gasteiger charge is -2.18. The highest BCUT2D eigenvalue weighted by Crippen LogP contribution is 2.35. The number of carbonyl (C=O) groups excluding carboxylic acids is 2. The standard InChI is InChI=1S/C20H22N2O4S/c1-13-6-5-7-14(2)17(13)21-18(23)15-8-10-16(11-9-15)22-19(24)20(3,4)12-27(22,25)26/h5-11H,12H2,1-4H3,(H,21,23). The highest BCUT2D eigenvalue weighted by molar-refractivity contribution is 7.94. The van der Waals surface area contributed by atoms with E-state index in [2.05, 4.69) is 5.32 Å². The van der Waals surface area contributed by atoms with Gasteiger partial charge in [0.25, 0.3) is 5.91 Å². The van der Waals surface area contributed by atoms with E-state index in [0.29, 0.717) is 5.56 Å². The lowest BCUT2D eigenvalue weighted by atomic mass is 9.95. The molecule has 0 spiro atoms. The molecule has 2 aromatic rings. The Morgan fingerprint density at radius 2 is 1.59 bits per heavy atom. The topological polar surface area (TPSA) is 83.6 Å². The van der Waals surface area contributed by atoms with Crippen LogP contribution in [0.4, 0.5) is 11.4 Å². The van der Waals surface area contributed by atoms with Crippen molar-refractivity contribution in [2.24, 2.45) is 5.41 Å². The summed E-state index contributed by atoms with van der Waals surface area (Å²) >= 11 is 0. The Hall–Kier alpha value is -2.67. The van der Waals surface area contributed by atoms with Crippen molar-refractivity contribution in [3.8, 4) is 0 Å². The van der Waals surface area contributed by atoms with Gasteiger partial charge in [-0.3, -0.25) is 9.59 Å². The number of hydrogen-bond donors (Lipinski definition) is 1. The Morgan fingerprint density at radius 3 is 2.07 bits per heavy atom. The first-order chi connectivity index (χ1) is 12.5. The summed E-state index contributed by atoms with van der Waals surface area (Å²) in [6.45, 7) is 7.05. The molecule has 0 radical (unpaired) electrons. The van der Waals surface area contributed by atoms with E-state index in [1.54, 1.807) is 13.8 Å². The zero-order valence-electron chi connectivity index (χ0n) is 15.7. The second-order valence-electron chi connectivity index (χ2n) is 7.48. The Morgan fingerprint density at radius 1 is 1.04 bits per heavy atom. The van der Waals surface area contributed by atoms with Gasteiger partial charge in [-0.25, -0.2) is 12.7 Å². The summed E-state index contributed by atoms with van der Waals surface area (Å²) in [7, 11) is -3.71. The van der Waals surface area contributed by atoms with E-state index in [1.807, 2.05) is 32.0 Å². The average Bonchev–Trinajstić information content (AvgIpc) is 2.74. The molecule has 1 saturated heterocycles. The summed E-state index contributed by atoms with van der Waals surface area (Å²) in [6, 6.07) is 11.8. The molecule has 6 nitrogen and oxygen atoms in total. The van der Waals surface area contributed by atoms with Gasteiger partial charge in [-0.2, -0.15) is 0 Å². The summed E-state index contributed by atoms with van der Waals surface area (Å²) in [6.07, 6.45) is 0. The molecule has 1 N–H and O–H groups in total. The number of para-hydroxylation sites is 1. The number of rotatable bonds is 3. The first-order valence-electron chi connectivity index (χ1n) is 8.58. The van der Waals surface area contributed by atoms with Gasteiger partial charge >= 0.3 is 0 Å². The number of anilines is 2. The number of carbonyl (C=O) groups is 2. The Labute approximate surface area is 159 Å². The fraction of sp³-hybridized carbons (Fsp3) is 0.300. The van der Waals surface area contributed by atoms with Crippen molar-refractivity contribution in [2.75, 3.05) is 15.4 Å². The second kappa shape index (κ2) is 6.49. The van der Waals surface area contributed by atoms with Crippen molar-refractivity contribution in [1.29, 1.82) is 0 Å². The summed E-state index contributed by atoms with van der Waals surface area (Å²) in [4.78, 5) is 25.0. The SMILES string of the molecule is Cc1cccc(C)c1NC(=O)c1ccc(N2C(=O)C(C)(C)CS2(=O)=O)cc1. The van der Waals surface area contributed by atoms with Gasteiger partial charge in [0, 0.05) is 11.3 Å². The lowest BCUT2D eigenvalue weighted by molar-refractivity contribution is -0.123. The highest BCUT2D eigenvalue weighted by Gasteiger charge is 2.49. The van der Waals surface area contributed by atoms with Gasteiger partial charge in [0.1, 0.15) is 0 Å². The van der Waals surface area contributed by atoms with Gasteiger partial charge in [-0.1, -0.05) is 18.2 Å². The molecular formula is C20H22N2O4S. The number of aryl methyl sites for hydroxylation is 2. The van der Waals surface area contributed by atoms with Crippen LogP contribution in [0, 0.1) is 19.3 Å². The van der Waals surface area contributed by atoms with E-state index in [4.69, 9.17) is 0 Å². The second-order valence-corrected chi connectivity index (χ2v) is 9.30. The van der Waals surface area contributed by atoms with Crippen LogP contribution in [0.2, 0.25) is 0 Å². The number of hydrogen-bond acceptors (Lipinski definition) is 4. The van der Waals surface area contributed by atoms with Crippen LogP contribution in [0.5, 0.6) is 0 Å². The molecule has 142 valence electrons. The van der Waals surface area contributed by atoms with E-state index >= 15 is 0 Å². The summed E-state index contributed by atoms with van der Waals surface area (Å²) < 4.78 is 25.5. The van der Waals surface area contributed by atoms with Gasteiger partial charge in [-0.05, 0) is 63.1 Å². The minimum Gasteiger partial charge on any atom is -0.322 e. The summed E-state index contributed by atoms with van der Waals surface area (Å²) in [5.74, 6) is -0.988. The molecule has 1 heterocycles. The van der Waals surface area contributed by atoms with Crippen LogP contribution in [-0.2, 0) is 14.8 Å². The molecule has 1 fully saturated rings. The third-order valence-corrected chi connectivity index (χ3v) is 6.69. The van der Waals surface area contributed by atoms with Gasteiger partial charge < -0.3 is 5.32 Å². The van der Waals surface area contributed by atoms with Crippen molar-refractivity contribution in [2.45, 2.75) is 27.7 Å². The van der Waals surface area contributed by atoms with Crippen LogP contribution in [0.1, 0.15) is 35.3 Å². The average molecular weight is 386 g/mol. The summed E-state index contributed by atoms with van der Waals surface area (Å²) in [5.41, 5.74) is 2.33. The molecule has 0 unspecified atom stereocenters. The van der Waals surface area contributed by atoms with Gasteiger partial charge in [-0.15, -0.1) is 0 Å². The Bertz CT molecular complexity index is 1000. The van der Waals surface area contributed by atoms with E-state index in [9.17, 15) is 18.0 Å². The molecular weight excluding hydrogens is 364 g/mol. The predicted molar refractivity (Wildman–Crippen MR) is 105 cm³/mol. The molecule has 1 aliphatic rings. The lowest BCUT2D eigenvalue weighted by Crippen LogP contribution is -2.32. The fourth-order valence-corrected chi connectivity index (χ4v) is 5.31. The van der Waals surface area contributed by atoms with Crippen molar-refractivity contribution >= 4 is 33.2 Å². The maximum Gasteiger partial charge on any atom is 0.255 e. The van der Waals surface area contributed by atoms with Crippen molar-refractivity contribution in [1.82, 2.24) is 0 Å². The molecule has 27 heavy (non-hydrogen) atoms. The highest BCUT2D eigenvalue weighted by atomic mass is 32.2. The largest absolute Gasteiger partial charge is 0.322 e. The predicted octanol–water partition coefficient (Wildman–Crippen LogP) is 3.26. The molecule has 0 saturated carbocycles. The van der Waals surface area contributed by atoms with Crippen LogP contribution in [-0.4, -0.2) is 26.0 Å².